The maximum absolute atomic E-state index is 13.2. The Morgan fingerprint density at radius 1 is 1.21 bits per heavy atom. The van der Waals surface area contributed by atoms with Gasteiger partial charge in [-0.05, 0) is 55.8 Å². The van der Waals surface area contributed by atoms with Gasteiger partial charge < -0.3 is 5.32 Å². The first kappa shape index (κ1) is 14.4. The molecule has 2 rings (SSSR count). The van der Waals surface area contributed by atoms with Crippen molar-refractivity contribution in [1.82, 2.24) is 5.32 Å². The van der Waals surface area contributed by atoms with Crippen LogP contribution in [0.3, 0.4) is 0 Å². The molecule has 1 aromatic carbocycles. The first-order chi connectivity index (χ1) is 9.08. The van der Waals surface area contributed by atoms with Crippen molar-refractivity contribution in [2.75, 3.05) is 7.05 Å². The topological polar surface area (TPSA) is 12.0 Å². The number of hydrogen-bond acceptors (Lipinski definition) is 1. The summed E-state index contributed by atoms with van der Waals surface area (Å²) >= 11 is 0. The summed E-state index contributed by atoms with van der Waals surface area (Å²) in [5.74, 6) is 0.405. The predicted octanol–water partition coefficient (Wildman–Crippen LogP) is 3.92. The molecule has 0 heterocycles. The van der Waals surface area contributed by atoms with Gasteiger partial charge in [0.05, 0.1) is 0 Å². The van der Waals surface area contributed by atoms with Gasteiger partial charge in [0.25, 0.3) is 0 Å². The molecule has 1 N–H and O–H groups in total. The molecule has 0 amide bonds. The second-order valence-corrected chi connectivity index (χ2v) is 5.91. The van der Waals surface area contributed by atoms with Gasteiger partial charge in [0.15, 0.2) is 0 Å². The lowest BCUT2D eigenvalue weighted by molar-refractivity contribution is 0.227. The van der Waals surface area contributed by atoms with E-state index in [0.717, 1.165) is 17.5 Å². The van der Waals surface area contributed by atoms with Gasteiger partial charge in [0.2, 0.25) is 0 Å². The van der Waals surface area contributed by atoms with E-state index in [1.165, 1.54) is 37.8 Å². The van der Waals surface area contributed by atoms with Crippen molar-refractivity contribution in [3.05, 3.63) is 35.4 Å². The van der Waals surface area contributed by atoms with E-state index in [2.05, 4.69) is 12.2 Å². The van der Waals surface area contributed by atoms with Crippen LogP contribution >= 0.6 is 0 Å². The predicted molar refractivity (Wildman–Crippen MR) is 74.0 cm³/mol. The summed E-state index contributed by atoms with van der Waals surface area (Å²) in [6, 6.07) is 4.13. The molecule has 106 valence electrons. The van der Waals surface area contributed by atoms with Gasteiger partial charge in [-0.2, -0.15) is 0 Å². The van der Waals surface area contributed by atoms with Crippen molar-refractivity contribution < 1.29 is 8.78 Å². The minimum atomic E-state index is -0.484. The van der Waals surface area contributed by atoms with Crippen molar-refractivity contribution in [1.29, 1.82) is 0 Å². The summed E-state index contributed by atoms with van der Waals surface area (Å²) in [6.07, 6.45) is 5.70. The lowest BCUT2D eigenvalue weighted by Gasteiger charge is -2.33. The Hall–Kier alpha value is -0.960. The molecule has 1 saturated carbocycles. The lowest BCUT2D eigenvalue weighted by atomic mass is 9.77. The van der Waals surface area contributed by atoms with Gasteiger partial charge in [-0.15, -0.1) is 0 Å². The Bertz CT molecular complexity index is 399. The summed E-state index contributed by atoms with van der Waals surface area (Å²) in [7, 11) is 1.94. The largest absolute Gasteiger partial charge is 0.316 e. The molecule has 0 saturated heterocycles. The maximum Gasteiger partial charge on any atom is 0.126 e. The summed E-state index contributed by atoms with van der Waals surface area (Å²) in [6.45, 7) is 2.29. The Morgan fingerprint density at radius 2 is 1.89 bits per heavy atom. The van der Waals surface area contributed by atoms with E-state index in [4.69, 9.17) is 0 Å². The molecule has 1 aromatic rings. The number of halogens is 2. The highest BCUT2D eigenvalue weighted by atomic mass is 19.1. The van der Waals surface area contributed by atoms with Crippen LogP contribution in [0.25, 0.3) is 0 Å². The van der Waals surface area contributed by atoms with Crippen molar-refractivity contribution in [2.24, 2.45) is 11.8 Å². The van der Waals surface area contributed by atoms with Crippen molar-refractivity contribution in [2.45, 2.75) is 45.1 Å². The molecule has 0 bridgehead atoms. The Balaban J connectivity index is 2.05. The van der Waals surface area contributed by atoms with E-state index in [1.807, 2.05) is 7.05 Å². The molecular formula is C16H23F2N. The maximum atomic E-state index is 13.2. The van der Waals surface area contributed by atoms with Gasteiger partial charge in [0.1, 0.15) is 11.6 Å². The number of rotatable bonds is 4. The van der Waals surface area contributed by atoms with Crippen LogP contribution in [0.15, 0.2) is 18.2 Å². The van der Waals surface area contributed by atoms with Crippen LogP contribution in [0.1, 0.15) is 38.2 Å². The third-order valence-corrected chi connectivity index (χ3v) is 4.29. The number of benzene rings is 1. The minimum Gasteiger partial charge on any atom is -0.316 e. The molecule has 3 atom stereocenters. The van der Waals surface area contributed by atoms with E-state index in [-0.39, 0.29) is 0 Å². The second-order valence-electron chi connectivity index (χ2n) is 5.91. The lowest BCUT2D eigenvalue weighted by Crippen LogP contribution is -2.38. The van der Waals surface area contributed by atoms with Gasteiger partial charge in [0, 0.05) is 12.1 Å². The minimum absolute atomic E-state index is 0.309. The third-order valence-electron chi connectivity index (χ3n) is 4.29. The van der Waals surface area contributed by atoms with Crippen LogP contribution < -0.4 is 5.32 Å². The SMILES string of the molecule is CNC(Cc1cc(F)cc(F)c1)C1CCCC(C)C1. The third kappa shape index (κ3) is 4.00. The number of hydrogen-bond donors (Lipinski definition) is 1. The Morgan fingerprint density at radius 3 is 2.47 bits per heavy atom. The molecule has 0 radical (unpaired) electrons. The Kier molecular flexibility index (Phi) is 4.92. The molecule has 3 unspecified atom stereocenters. The van der Waals surface area contributed by atoms with Crippen LogP contribution in [0.4, 0.5) is 8.78 Å². The fourth-order valence-corrected chi connectivity index (χ4v) is 3.33. The quantitative estimate of drug-likeness (QED) is 0.871. The highest BCUT2D eigenvalue weighted by Gasteiger charge is 2.26. The summed E-state index contributed by atoms with van der Waals surface area (Å²) in [5.41, 5.74) is 0.745. The van der Waals surface area contributed by atoms with Crippen LogP contribution in [-0.2, 0) is 6.42 Å². The van der Waals surface area contributed by atoms with E-state index in [0.29, 0.717) is 18.4 Å². The summed E-state index contributed by atoms with van der Waals surface area (Å²) in [5, 5.41) is 3.33. The van der Waals surface area contributed by atoms with Gasteiger partial charge in [-0.1, -0.05) is 19.8 Å². The van der Waals surface area contributed by atoms with E-state index < -0.39 is 11.6 Å². The molecule has 1 aliphatic carbocycles. The molecule has 1 fully saturated rings. The van der Waals surface area contributed by atoms with Crippen LogP contribution in [0, 0.1) is 23.5 Å². The highest BCUT2D eigenvalue weighted by Crippen LogP contribution is 2.31. The van der Waals surface area contributed by atoms with Crippen LogP contribution in [0.5, 0.6) is 0 Å². The van der Waals surface area contributed by atoms with Gasteiger partial charge in [-0.3, -0.25) is 0 Å². The molecule has 0 aromatic heterocycles. The van der Waals surface area contributed by atoms with Crippen LogP contribution in [-0.4, -0.2) is 13.1 Å². The fraction of sp³-hybridized carbons (Fsp3) is 0.625. The van der Waals surface area contributed by atoms with Crippen LogP contribution in [0.2, 0.25) is 0 Å². The highest BCUT2D eigenvalue weighted by molar-refractivity contribution is 5.19. The average Bonchev–Trinajstić information content (AvgIpc) is 2.34. The van der Waals surface area contributed by atoms with E-state index in [9.17, 15) is 8.78 Å². The standard InChI is InChI=1S/C16H23F2N/c1-11-4-3-5-13(6-11)16(19-2)9-12-7-14(17)10-15(18)8-12/h7-8,10-11,13,16,19H,3-6,9H2,1-2H3. The number of likely N-dealkylation sites (N-methyl/N-ethyl adjacent to an activating group) is 1. The van der Waals surface area contributed by atoms with Crippen molar-refractivity contribution in [3.63, 3.8) is 0 Å². The molecule has 19 heavy (non-hydrogen) atoms. The summed E-state index contributed by atoms with van der Waals surface area (Å²) in [4.78, 5) is 0. The number of nitrogens with one attached hydrogen (secondary N) is 1. The second kappa shape index (κ2) is 6.47. The Labute approximate surface area is 114 Å². The zero-order valence-corrected chi connectivity index (χ0v) is 11.8. The zero-order valence-electron chi connectivity index (χ0n) is 11.8. The molecule has 0 spiro atoms. The molecule has 1 nitrogen and oxygen atoms in total. The van der Waals surface area contributed by atoms with Gasteiger partial charge in [-0.25, -0.2) is 8.78 Å². The summed E-state index contributed by atoms with van der Waals surface area (Å²) < 4.78 is 26.5. The molecule has 1 aliphatic rings. The molecular weight excluding hydrogens is 244 g/mol. The van der Waals surface area contributed by atoms with Crippen molar-refractivity contribution in [3.8, 4) is 0 Å². The van der Waals surface area contributed by atoms with E-state index >= 15 is 0 Å². The van der Waals surface area contributed by atoms with Gasteiger partial charge >= 0.3 is 0 Å². The average molecular weight is 267 g/mol. The molecule has 3 heteroatoms. The van der Waals surface area contributed by atoms with Crippen molar-refractivity contribution >= 4 is 0 Å². The molecule has 0 aliphatic heterocycles. The monoisotopic (exact) mass is 267 g/mol. The first-order valence-corrected chi connectivity index (χ1v) is 7.20. The normalized spacial score (nSPS) is 25.3. The fourth-order valence-electron chi connectivity index (χ4n) is 3.33. The van der Waals surface area contributed by atoms with E-state index in [1.54, 1.807) is 0 Å². The zero-order chi connectivity index (χ0) is 13.8. The first-order valence-electron chi connectivity index (χ1n) is 7.20. The smallest absolute Gasteiger partial charge is 0.126 e.